The Hall–Kier alpha value is -0.0600. The number of hydrogen-bond acceptors (Lipinski definition) is 3. The molecule has 2 unspecified atom stereocenters. The molecule has 1 amide bonds. The Balaban J connectivity index is 0.000000720. The molecule has 0 aromatic rings. The number of amides is 1. The van der Waals surface area contributed by atoms with Gasteiger partial charge in [-0.25, -0.2) is 0 Å². The van der Waals surface area contributed by atoms with Gasteiger partial charge in [-0.3, -0.25) is 4.79 Å². The Bertz CT molecular complexity index is 223. The van der Waals surface area contributed by atoms with E-state index in [0.29, 0.717) is 12.8 Å². The van der Waals surface area contributed by atoms with Gasteiger partial charge in [0, 0.05) is 12.5 Å². The fraction of sp³-hybridized carbons (Fsp3) is 0.714. The minimum absolute atomic E-state index is 0. The topological polar surface area (TPSA) is 60.4 Å². The molecule has 5 heteroatoms. The van der Waals surface area contributed by atoms with Gasteiger partial charge in [0.25, 0.3) is 0 Å². The van der Waals surface area contributed by atoms with Crippen LogP contribution in [0.5, 0.6) is 0 Å². The molecular formula is C7H8NNaO3. The summed E-state index contributed by atoms with van der Waals surface area (Å²) in [5.41, 5.74) is 0. The maximum atomic E-state index is 10.9. The van der Waals surface area contributed by atoms with Crippen molar-refractivity contribution < 1.29 is 44.3 Å². The standard InChI is InChI=1S/C7H9NO3.Na/c9-6-3-4-1-2-5(7(10)11)8(4)6;/h4-5H,1-3H2,(H,10,11);/q;+1/p-1. The normalized spacial score (nSPS) is 32.0. The van der Waals surface area contributed by atoms with E-state index in [0.717, 1.165) is 6.42 Å². The van der Waals surface area contributed by atoms with Gasteiger partial charge in [0.05, 0.1) is 12.0 Å². The fourth-order valence-corrected chi connectivity index (χ4v) is 1.89. The van der Waals surface area contributed by atoms with Crippen LogP contribution in [0.3, 0.4) is 0 Å². The molecule has 2 rings (SSSR count). The quantitative estimate of drug-likeness (QED) is 0.299. The molecule has 2 heterocycles. The molecule has 0 saturated carbocycles. The van der Waals surface area contributed by atoms with Gasteiger partial charge < -0.3 is 14.8 Å². The van der Waals surface area contributed by atoms with E-state index in [1.54, 1.807) is 0 Å². The molecule has 0 spiro atoms. The average molecular weight is 177 g/mol. The van der Waals surface area contributed by atoms with Crippen LogP contribution in [0.2, 0.25) is 0 Å². The van der Waals surface area contributed by atoms with Gasteiger partial charge in [-0.05, 0) is 12.8 Å². The van der Waals surface area contributed by atoms with E-state index in [2.05, 4.69) is 0 Å². The molecule has 0 aromatic heterocycles. The van der Waals surface area contributed by atoms with Crippen LogP contribution in [0.15, 0.2) is 0 Å². The van der Waals surface area contributed by atoms with Gasteiger partial charge in [0.15, 0.2) is 0 Å². The predicted molar refractivity (Wildman–Crippen MR) is 33.3 cm³/mol. The van der Waals surface area contributed by atoms with Crippen molar-refractivity contribution in [2.24, 2.45) is 0 Å². The summed E-state index contributed by atoms with van der Waals surface area (Å²) in [6.07, 6.45) is 1.92. The third kappa shape index (κ3) is 1.28. The molecule has 2 aliphatic rings. The van der Waals surface area contributed by atoms with Crippen LogP contribution in [-0.2, 0) is 9.59 Å². The second-order valence-electron chi connectivity index (χ2n) is 3.07. The number of β-lactam (4-membered cyclic amide) rings is 1. The Morgan fingerprint density at radius 3 is 2.58 bits per heavy atom. The maximum Gasteiger partial charge on any atom is 1.00 e. The molecule has 0 bridgehead atoms. The number of nitrogens with zero attached hydrogens (tertiary/aromatic N) is 1. The van der Waals surface area contributed by atoms with Crippen LogP contribution in [0.25, 0.3) is 0 Å². The zero-order valence-electron chi connectivity index (χ0n) is 6.95. The number of carboxylic acid groups (broad SMARTS) is 1. The Labute approximate surface area is 92.2 Å². The van der Waals surface area contributed by atoms with Crippen molar-refractivity contribution in [3.63, 3.8) is 0 Å². The van der Waals surface area contributed by atoms with E-state index in [9.17, 15) is 14.7 Å². The van der Waals surface area contributed by atoms with Crippen molar-refractivity contribution in [1.29, 1.82) is 0 Å². The first-order valence-corrected chi connectivity index (χ1v) is 3.72. The number of fused-ring (bicyclic) bond motifs is 1. The largest absolute Gasteiger partial charge is 1.00 e. The summed E-state index contributed by atoms with van der Waals surface area (Å²) in [5, 5.41) is 10.4. The van der Waals surface area contributed by atoms with Gasteiger partial charge in [-0.1, -0.05) is 0 Å². The minimum atomic E-state index is -1.11. The zero-order chi connectivity index (χ0) is 8.01. The molecule has 2 aliphatic heterocycles. The zero-order valence-corrected chi connectivity index (χ0v) is 8.95. The van der Waals surface area contributed by atoms with E-state index >= 15 is 0 Å². The number of carbonyl (C=O) groups is 2. The number of aliphatic carboxylic acids is 1. The molecule has 0 aliphatic carbocycles. The van der Waals surface area contributed by atoms with Gasteiger partial charge in [0.1, 0.15) is 0 Å². The number of hydrogen-bond donors (Lipinski definition) is 0. The Morgan fingerprint density at radius 2 is 2.17 bits per heavy atom. The van der Waals surface area contributed by atoms with Crippen LogP contribution < -0.4 is 34.7 Å². The average Bonchev–Trinajstić information content (AvgIpc) is 2.25. The minimum Gasteiger partial charge on any atom is -0.548 e. The summed E-state index contributed by atoms with van der Waals surface area (Å²) in [7, 11) is 0. The van der Waals surface area contributed by atoms with Gasteiger partial charge in [0.2, 0.25) is 5.91 Å². The van der Waals surface area contributed by atoms with Crippen molar-refractivity contribution in [2.45, 2.75) is 31.3 Å². The molecule has 60 valence electrons. The molecular weight excluding hydrogens is 169 g/mol. The van der Waals surface area contributed by atoms with E-state index < -0.39 is 12.0 Å². The van der Waals surface area contributed by atoms with Crippen molar-refractivity contribution >= 4 is 11.9 Å². The first-order chi connectivity index (χ1) is 5.20. The number of carbonyl (C=O) groups excluding carboxylic acids is 2. The summed E-state index contributed by atoms with van der Waals surface area (Å²) < 4.78 is 0. The Morgan fingerprint density at radius 1 is 1.50 bits per heavy atom. The number of rotatable bonds is 1. The second kappa shape index (κ2) is 3.36. The molecule has 0 N–H and O–H groups in total. The van der Waals surface area contributed by atoms with E-state index in [-0.39, 0.29) is 41.5 Å². The smallest absolute Gasteiger partial charge is 0.548 e. The molecule has 2 atom stereocenters. The maximum absolute atomic E-state index is 10.9. The summed E-state index contributed by atoms with van der Waals surface area (Å²) in [5.74, 6) is -1.15. The monoisotopic (exact) mass is 177 g/mol. The summed E-state index contributed by atoms with van der Waals surface area (Å²) in [6, 6.07) is -0.438. The van der Waals surface area contributed by atoms with Crippen LogP contribution in [0, 0.1) is 0 Å². The van der Waals surface area contributed by atoms with Crippen LogP contribution >= 0.6 is 0 Å². The first kappa shape index (κ1) is 10.0. The molecule has 0 radical (unpaired) electrons. The molecule has 2 saturated heterocycles. The SMILES string of the molecule is O=C([O-])C1CCC2CC(=O)N21.[Na+]. The van der Waals surface area contributed by atoms with Gasteiger partial charge in [-0.15, -0.1) is 0 Å². The van der Waals surface area contributed by atoms with Crippen LogP contribution in [-0.4, -0.2) is 28.9 Å². The summed E-state index contributed by atoms with van der Waals surface area (Å²) in [6.45, 7) is 0. The van der Waals surface area contributed by atoms with E-state index in [1.807, 2.05) is 0 Å². The third-order valence-corrected chi connectivity index (χ3v) is 2.47. The summed E-state index contributed by atoms with van der Waals surface area (Å²) in [4.78, 5) is 22.7. The molecule has 4 nitrogen and oxygen atoms in total. The first-order valence-electron chi connectivity index (χ1n) is 3.72. The van der Waals surface area contributed by atoms with Crippen LogP contribution in [0.4, 0.5) is 0 Å². The molecule has 12 heavy (non-hydrogen) atoms. The van der Waals surface area contributed by atoms with Crippen LogP contribution in [0.1, 0.15) is 19.3 Å². The van der Waals surface area contributed by atoms with Crippen molar-refractivity contribution in [3.05, 3.63) is 0 Å². The van der Waals surface area contributed by atoms with Gasteiger partial charge >= 0.3 is 29.6 Å². The van der Waals surface area contributed by atoms with E-state index in [4.69, 9.17) is 0 Å². The van der Waals surface area contributed by atoms with E-state index in [1.165, 1.54) is 4.90 Å². The predicted octanol–water partition coefficient (Wildman–Crippen LogP) is -4.50. The van der Waals surface area contributed by atoms with Crippen molar-refractivity contribution in [1.82, 2.24) is 4.90 Å². The third-order valence-electron chi connectivity index (χ3n) is 2.47. The second-order valence-corrected chi connectivity index (χ2v) is 3.07. The van der Waals surface area contributed by atoms with Crippen molar-refractivity contribution in [3.8, 4) is 0 Å². The molecule has 0 aromatic carbocycles. The number of carboxylic acids is 1. The summed E-state index contributed by atoms with van der Waals surface area (Å²) >= 11 is 0. The molecule has 2 fully saturated rings. The van der Waals surface area contributed by atoms with Gasteiger partial charge in [-0.2, -0.15) is 0 Å². The Kier molecular flexibility index (Phi) is 2.81. The van der Waals surface area contributed by atoms with Crippen molar-refractivity contribution in [2.75, 3.05) is 0 Å². The fourth-order valence-electron chi connectivity index (χ4n) is 1.89.